The van der Waals surface area contributed by atoms with Crippen LogP contribution in [0.15, 0.2) is 26.7 Å². The standard InChI is InChI=1S/C18H24N4O3/c1-11-8-12(2)15(13(3)9-11)22-17(24)14(16(23)20-18(22)25)10-19-6-7-21(4)5/h8-10,24H,6-7H2,1-5H3,(H,20,23,25). The summed E-state index contributed by atoms with van der Waals surface area (Å²) in [6.45, 7) is 6.87. The topological polar surface area (TPSA) is 90.7 Å². The molecule has 0 aliphatic heterocycles. The van der Waals surface area contributed by atoms with Crippen LogP contribution in [0.4, 0.5) is 0 Å². The van der Waals surface area contributed by atoms with Crippen LogP contribution in [0.1, 0.15) is 22.3 Å². The Labute approximate surface area is 146 Å². The molecular weight excluding hydrogens is 320 g/mol. The average Bonchev–Trinajstić information content (AvgIpc) is 2.48. The molecule has 2 aromatic rings. The summed E-state index contributed by atoms with van der Waals surface area (Å²) in [6, 6.07) is 3.84. The predicted octanol–water partition coefficient (Wildman–Crippen LogP) is 1.14. The maximum atomic E-state index is 12.3. The van der Waals surface area contributed by atoms with Crippen LogP contribution >= 0.6 is 0 Å². The molecule has 7 nitrogen and oxygen atoms in total. The Hall–Kier alpha value is -2.67. The number of likely N-dealkylation sites (N-methyl/N-ethyl adjacent to an activating group) is 1. The van der Waals surface area contributed by atoms with Crippen LogP contribution in [0.5, 0.6) is 5.88 Å². The molecule has 25 heavy (non-hydrogen) atoms. The van der Waals surface area contributed by atoms with Crippen LogP contribution in [0, 0.1) is 20.8 Å². The fourth-order valence-electron chi connectivity index (χ4n) is 2.80. The van der Waals surface area contributed by atoms with E-state index in [4.69, 9.17) is 0 Å². The summed E-state index contributed by atoms with van der Waals surface area (Å²) in [5, 5.41) is 10.6. The lowest BCUT2D eigenvalue weighted by atomic mass is 10.0. The van der Waals surface area contributed by atoms with E-state index in [1.54, 1.807) is 0 Å². The summed E-state index contributed by atoms with van der Waals surface area (Å²) in [6.07, 6.45) is 1.31. The Balaban J connectivity index is 2.60. The molecule has 0 radical (unpaired) electrons. The molecule has 0 amide bonds. The third kappa shape index (κ3) is 4.06. The first kappa shape index (κ1) is 18.7. The van der Waals surface area contributed by atoms with Crippen LogP contribution in [-0.2, 0) is 0 Å². The van der Waals surface area contributed by atoms with Gasteiger partial charge in [0.25, 0.3) is 5.56 Å². The zero-order valence-electron chi connectivity index (χ0n) is 15.3. The number of nitrogens with one attached hydrogen (secondary N) is 1. The Morgan fingerprint density at radius 1 is 1.20 bits per heavy atom. The lowest BCUT2D eigenvalue weighted by molar-refractivity contribution is 0.420. The van der Waals surface area contributed by atoms with Gasteiger partial charge in [-0.2, -0.15) is 0 Å². The second-order valence-corrected chi connectivity index (χ2v) is 6.42. The minimum Gasteiger partial charge on any atom is -0.493 e. The number of aliphatic imine (C=N–C) groups is 1. The van der Waals surface area contributed by atoms with E-state index < -0.39 is 17.1 Å². The molecule has 0 spiro atoms. The highest BCUT2D eigenvalue weighted by atomic mass is 16.3. The molecule has 0 aliphatic carbocycles. The number of hydrogen-bond acceptors (Lipinski definition) is 5. The number of hydrogen-bond donors (Lipinski definition) is 2. The van der Waals surface area contributed by atoms with Crippen molar-refractivity contribution in [3.63, 3.8) is 0 Å². The number of aromatic hydroxyl groups is 1. The van der Waals surface area contributed by atoms with Crippen molar-refractivity contribution >= 4 is 6.21 Å². The average molecular weight is 344 g/mol. The van der Waals surface area contributed by atoms with Crippen molar-refractivity contribution in [3.8, 4) is 11.6 Å². The van der Waals surface area contributed by atoms with Gasteiger partial charge in [-0.1, -0.05) is 17.7 Å². The van der Waals surface area contributed by atoms with Crippen molar-refractivity contribution in [3.05, 3.63) is 55.2 Å². The normalized spacial score (nSPS) is 11.6. The number of H-pyrrole nitrogens is 1. The van der Waals surface area contributed by atoms with E-state index in [-0.39, 0.29) is 5.56 Å². The van der Waals surface area contributed by atoms with E-state index >= 15 is 0 Å². The lowest BCUT2D eigenvalue weighted by Gasteiger charge is -2.15. The summed E-state index contributed by atoms with van der Waals surface area (Å²) in [4.78, 5) is 32.8. The van der Waals surface area contributed by atoms with E-state index in [9.17, 15) is 14.7 Å². The molecule has 0 saturated heterocycles. The highest BCUT2D eigenvalue weighted by Crippen LogP contribution is 2.23. The second kappa shape index (κ2) is 7.48. The molecule has 0 bridgehead atoms. The van der Waals surface area contributed by atoms with Gasteiger partial charge >= 0.3 is 5.69 Å². The van der Waals surface area contributed by atoms with Crippen LogP contribution in [0.3, 0.4) is 0 Å². The minimum absolute atomic E-state index is 0.0299. The van der Waals surface area contributed by atoms with Gasteiger partial charge in [-0.25, -0.2) is 9.36 Å². The zero-order chi connectivity index (χ0) is 18.7. The van der Waals surface area contributed by atoms with E-state index in [2.05, 4.69) is 9.98 Å². The smallest absolute Gasteiger partial charge is 0.335 e. The molecule has 1 aromatic heterocycles. The lowest BCUT2D eigenvalue weighted by Crippen LogP contribution is -2.32. The quantitative estimate of drug-likeness (QED) is 0.796. The number of rotatable bonds is 5. The van der Waals surface area contributed by atoms with Gasteiger partial charge in [0.15, 0.2) is 0 Å². The van der Waals surface area contributed by atoms with Gasteiger partial charge in [0.05, 0.1) is 12.2 Å². The maximum Gasteiger partial charge on any atom is 0.335 e. The first-order chi connectivity index (χ1) is 11.7. The third-order valence-electron chi connectivity index (χ3n) is 3.88. The summed E-state index contributed by atoms with van der Waals surface area (Å²) >= 11 is 0. The Morgan fingerprint density at radius 2 is 1.80 bits per heavy atom. The van der Waals surface area contributed by atoms with Gasteiger partial charge in [0, 0.05) is 12.8 Å². The van der Waals surface area contributed by atoms with Crippen LogP contribution < -0.4 is 11.2 Å². The number of aromatic nitrogens is 2. The van der Waals surface area contributed by atoms with E-state index in [0.717, 1.165) is 21.3 Å². The summed E-state index contributed by atoms with van der Waals surface area (Å²) in [5.74, 6) is -0.405. The first-order valence-corrected chi connectivity index (χ1v) is 8.03. The van der Waals surface area contributed by atoms with Crippen LogP contribution in [0.2, 0.25) is 0 Å². The van der Waals surface area contributed by atoms with E-state index in [1.807, 2.05) is 51.9 Å². The molecule has 0 aliphatic rings. The van der Waals surface area contributed by atoms with Gasteiger partial charge in [-0.05, 0) is 46.0 Å². The molecule has 134 valence electrons. The highest BCUT2D eigenvalue weighted by molar-refractivity contribution is 5.82. The van der Waals surface area contributed by atoms with Crippen molar-refractivity contribution in [2.75, 3.05) is 27.2 Å². The van der Waals surface area contributed by atoms with Crippen molar-refractivity contribution < 1.29 is 5.11 Å². The number of nitrogens with zero attached hydrogens (tertiary/aromatic N) is 3. The number of aromatic amines is 1. The number of aryl methyl sites for hydroxylation is 3. The Morgan fingerprint density at radius 3 is 2.36 bits per heavy atom. The second-order valence-electron chi connectivity index (χ2n) is 6.42. The molecule has 0 atom stereocenters. The monoisotopic (exact) mass is 344 g/mol. The third-order valence-corrected chi connectivity index (χ3v) is 3.88. The van der Waals surface area contributed by atoms with Gasteiger partial charge in [-0.3, -0.25) is 14.8 Å². The molecule has 1 aromatic carbocycles. The largest absolute Gasteiger partial charge is 0.493 e. The fourth-order valence-corrected chi connectivity index (χ4v) is 2.80. The van der Waals surface area contributed by atoms with Gasteiger partial charge in [0.1, 0.15) is 5.56 Å². The van der Waals surface area contributed by atoms with Crippen molar-refractivity contribution in [2.45, 2.75) is 20.8 Å². The Kier molecular flexibility index (Phi) is 5.58. The molecular formula is C18H24N4O3. The van der Waals surface area contributed by atoms with Gasteiger partial charge in [-0.15, -0.1) is 0 Å². The molecule has 7 heteroatoms. The fraction of sp³-hybridized carbons (Fsp3) is 0.389. The van der Waals surface area contributed by atoms with E-state index in [0.29, 0.717) is 18.8 Å². The first-order valence-electron chi connectivity index (χ1n) is 8.03. The van der Waals surface area contributed by atoms with Crippen LogP contribution in [0.25, 0.3) is 5.69 Å². The SMILES string of the molecule is Cc1cc(C)c(-n2c(O)c(C=NCCN(C)C)c(=O)[nH]c2=O)c(C)c1. The van der Waals surface area contributed by atoms with Crippen LogP contribution in [-0.4, -0.2) is 53.0 Å². The predicted molar refractivity (Wildman–Crippen MR) is 99.6 cm³/mol. The molecule has 0 fully saturated rings. The molecule has 0 saturated carbocycles. The Bertz CT molecular complexity index is 900. The van der Waals surface area contributed by atoms with E-state index in [1.165, 1.54) is 6.21 Å². The summed E-state index contributed by atoms with van der Waals surface area (Å²) < 4.78 is 1.12. The van der Waals surface area contributed by atoms with Crippen molar-refractivity contribution in [1.82, 2.24) is 14.5 Å². The summed E-state index contributed by atoms with van der Waals surface area (Å²) in [5.41, 5.74) is 1.92. The highest BCUT2D eigenvalue weighted by Gasteiger charge is 2.17. The number of benzene rings is 1. The van der Waals surface area contributed by atoms with Crippen molar-refractivity contribution in [2.24, 2.45) is 4.99 Å². The molecule has 2 N–H and O–H groups in total. The molecule has 2 rings (SSSR count). The molecule has 0 unspecified atom stereocenters. The van der Waals surface area contributed by atoms with Gasteiger partial charge in [0.2, 0.25) is 5.88 Å². The summed E-state index contributed by atoms with van der Waals surface area (Å²) in [7, 11) is 3.84. The minimum atomic E-state index is -0.678. The van der Waals surface area contributed by atoms with Crippen molar-refractivity contribution in [1.29, 1.82) is 0 Å². The molecule has 1 heterocycles. The van der Waals surface area contributed by atoms with Gasteiger partial charge < -0.3 is 10.0 Å². The maximum absolute atomic E-state index is 12.3. The zero-order valence-corrected chi connectivity index (χ0v) is 15.3.